The Morgan fingerprint density at radius 1 is 1.19 bits per heavy atom. The van der Waals surface area contributed by atoms with Crippen LogP contribution in [-0.2, 0) is 6.42 Å². The lowest BCUT2D eigenvalue weighted by Gasteiger charge is -1.87. The Bertz CT molecular complexity index is 875. The summed E-state index contributed by atoms with van der Waals surface area (Å²) >= 11 is 1.34. The van der Waals surface area contributed by atoms with Crippen molar-refractivity contribution in [2.24, 2.45) is 0 Å². The number of rotatable bonds is 3. The number of nitrogens with two attached hydrogens (primary N) is 1. The van der Waals surface area contributed by atoms with Gasteiger partial charge in [0.05, 0.1) is 17.5 Å². The van der Waals surface area contributed by atoms with Crippen molar-refractivity contribution in [3.63, 3.8) is 0 Å². The molecular formula is C13H10N6OS. The monoisotopic (exact) mass is 298 g/mol. The third-order valence-electron chi connectivity index (χ3n) is 2.97. The van der Waals surface area contributed by atoms with Gasteiger partial charge in [0.2, 0.25) is 0 Å². The van der Waals surface area contributed by atoms with E-state index in [1.165, 1.54) is 11.3 Å². The van der Waals surface area contributed by atoms with Gasteiger partial charge in [-0.25, -0.2) is 9.97 Å². The minimum atomic E-state index is 0.370. The van der Waals surface area contributed by atoms with E-state index in [4.69, 9.17) is 10.3 Å². The number of benzene rings is 1. The van der Waals surface area contributed by atoms with Crippen LogP contribution in [0.2, 0.25) is 0 Å². The van der Waals surface area contributed by atoms with Crippen molar-refractivity contribution in [1.82, 2.24) is 25.1 Å². The fraction of sp³-hybridized carbons (Fsp3) is 0.0769. The van der Waals surface area contributed by atoms with Crippen LogP contribution in [0.5, 0.6) is 0 Å². The molecule has 0 aliphatic carbocycles. The molecule has 4 aromatic rings. The van der Waals surface area contributed by atoms with Gasteiger partial charge in [0, 0.05) is 5.38 Å². The number of nitrogens with one attached hydrogen (secondary N) is 1. The molecule has 0 amide bonds. The number of nitrogens with zero attached hydrogens (tertiary/aromatic N) is 4. The van der Waals surface area contributed by atoms with Crippen LogP contribution in [0.15, 0.2) is 34.2 Å². The molecule has 0 unspecified atom stereocenters. The highest BCUT2D eigenvalue weighted by molar-refractivity contribution is 7.13. The molecule has 0 spiro atoms. The van der Waals surface area contributed by atoms with Gasteiger partial charge in [-0.2, -0.15) is 4.98 Å². The lowest BCUT2D eigenvalue weighted by Crippen LogP contribution is -1.93. The molecule has 104 valence electrons. The second-order valence-electron chi connectivity index (χ2n) is 4.46. The van der Waals surface area contributed by atoms with Gasteiger partial charge in [-0.3, -0.25) is 0 Å². The number of hydrogen-bond donors (Lipinski definition) is 2. The SMILES string of the molecule is Nc1nc(-c2nc(Cc3nc4ccccc4[nH]3)no2)cs1. The topological polar surface area (TPSA) is 107 Å². The lowest BCUT2D eigenvalue weighted by molar-refractivity contribution is 0.422. The van der Waals surface area contributed by atoms with Crippen LogP contribution < -0.4 is 5.73 Å². The van der Waals surface area contributed by atoms with Crippen molar-refractivity contribution in [1.29, 1.82) is 0 Å². The summed E-state index contributed by atoms with van der Waals surface area (Å²) in [6, 6.07) is 7.84. The number of para-hydroxylation sites is 2. The fourth-order valence-electron chi connectivity index (χ4n) is 2.05. The van der Waals surface area contributed by atoms with E-state index < -0.39 is 0 Å². The van der Waals surface area contributed by atoms with Crippen molar-refractivity contribution in [3.05, 3.63) is 41.3 Å². The van der Waals surface area contributed by atoms with Crippen LogP contribution in [0.25, 0.3) is 22.6 Å². The Morgan fingerprint density at radius 2 is 2.10 bits per heavy atom. The zero-order valence-electron chi connectivity index (χ0n) is 10.8. The zero-order valence-corrected chi connectivity index (χ0v) is 11.6. The van der Waals surface area contributed by atoms with Crippen LogP contribution in [0.1, 0.15) is 11.6 Å². The third kappa shape index (κ3) is 2.25. The van der Waals surface area contributed by atoms with E-state index in [0.29, 0.717) is 29.0 Å². The van der Waals surface area contributed by atoms with Gasteiger partial charge in [0.1, 0.15) is 11.5 Å². The van der Waals surface area contributed by atoms with E-state index in [-0.39, 0.29) is 0 Å². The number of nitrogen functional groups attached to an aromatic ring is 1. The minimum Gasteiger partial charge on any atom is -0.375 e. The van der Waals surface area contributed by atoms with Crippen LogP contribution in [0, 0.1) is 0 Å². The van der Waals surface area contributed by atoms with E-state index in [1.807, 2.05) is 24.3 Å². The second-order valence-corrected chi connectivity index (χ2v) is 5.35. The predicted molar refractivity (Wildman–Crippen MR) is 78.7 cm³/mol. The average Bonchev–Trinajstić information content (AvgIpc) is 3.17. The smallest absolute Gasteiger partial charge is 0.277 e. The summed E-state index contributed by atoms with van der Waals surface area (Å²) in [5, 5.41) is 6.20. The number of fused-ring (bicyclic) bond motifs is 1. The van der Waals surface area contributed by atoms with E-state index in [1.54, 1.807) is 5.38 Å². The van der Waals surface area contributed by atoms with Crippen LogP contribution in [0.3, 0.4) is 0 Å². The molecule has 0 saturated heterocycles. The molecule has 0 bridgehead atoms. The zero-order chi connectivity index (χ0) is 14.2. The van der Waals surface area contributed by atoms with Crippen molar-refractivity contribution < 1.29 is 4.52 Å². The molecule has 1 aromatic carbocycles. The van der Waals surface area contributed by atoms with E-state index in [2.05, 4.69) is 25.1 Å². The van der Waals surface area contributed by atoms with Gasteiger partial charge in [-0.1, -0.05) is 17.3 Å². The lowest BCUT2D eigenvalue weighted by atomic mass is 10.3. The molecule has 4 rings (SSSR count). The van der Waals surface area contributed by atoms with Crippen molar-refractivity contribution in [2.45, 2.75) is 6.42 Å². The number of aromatic amines is 1. The van der Waals surface area contributed by atoms with Crippen LogP contribution in [-0.4, -0.2) is 25.1 Å². The first kappa shape index (κ1) is 12.0. The number of H-pyrrole nitrogens is 1. The van der Waals surface area contributed by atoms with E-state index >= 15 is 0 Å². The molecule has 0 aliphatic heterocycles. The summed E-state index contributed by atoms with van der Waals surface area (Å²) in [4.78, 5) is 16.1. The molecule has 7 nitrogen and oxygen atoms in total. The van der Waals surface area contributed by atoms with Crippen molar-refractivity contribution in [3.8, 4) is 11.6 Å². The molecule has 0 atom stereocenters. The molecule has 0 radical (unpaired) electrons. The first-order valence-electron chi connectivity index (χ1n) is 6.25. The maximum atomic E-state index is 5.59. The number of thiazole rings is 1. The molecule has 8 heteroatoms. The molecule has 0 saturated carbocycles. The number of hydrogen-bond acceptors (Lipinski definition) is 7. The van der Waals surface area contributed by atoms with Gasteiger partial charge >= 0.3 is 0 Å². The summed E-state index contributed by atoms with van der Waals surface area (Å²) < 4.78 is 5.20. The molecular weight excluding hydrogens is 288 g/mol. The largest absolute Gasteiger partial charge is 0.375 e. The normalized spacial score (nSPS) is 11.2. The van der Waals surface area contributed by atoms with Crippen LogP contribution in [0.4, 0.5) is 5.13 Å². The Hall–Kier alpha value is -2.74. The maximum Gasteiger partial charge on any atom is 0.277 e. The quantitative estimate of drug-likeness (QED) is 0.600. The van der Waals surface area contributed by atoms with Gasteiger partial charge in [-0.15, -0.1) is 11.3 Å². The fourth-order valence-corrected chi connectivity index (χ4v) is 2.59. The Labute approximate surface area is 122 Å². The number of anilines is 1. The highest BCUT2D eigenvalue weighted by Gasteiger charge is 2.13. The summed E-state index contributed by atoms with van der Waals surface area (Å²) in [7, 11) is 0. The molecule has 21 heavy (non-hydrogen) atoms. The van der Waals surface area contributed by atoms with Crippen LogP contribution >= 0.6 is 11.3 Å². The first-order chi connectivity index (χ1) is 10.3. The number of aromatic nitrogens is 5. The van der Waals surface area contributed by atoms with Gasteiger partial charge < -0.3 is 15.2 Å². The van der Waals surface area contributed by atoms with Gasteiger partial charge in [0.15, 0.2) is 11.0 Å². The Morgan fingerprint density at radius 3 is 2.90 bits per heavy atom. The molecule has 0 aliphatic rings. The van der Waals surface area contributed by atoms with Gasteiger partial charge in [0.25, 0.3) is 5.89 Å². The summed E-state index contributed by atoms with van der Waals surface area (Å²) in [5.41, 5.74) is 8.10. The maximum absolute atomic E-state index is 5.59. The summed E-state index contributed by atoms with van der Waals surface area (Å²) in [6.45, 7) is 0. The van der Waals surface area contributed by atoms with Crippen molar-refractivity contribution >= 4 is 27.5 Å². The van der Waals surface area contributed by atoms with Crippen molar-refractivity contribution in [2.75, 3.05) is 5.73 Å². The standard InChI is InChI=1S/C13H10N6OS/c14-13-17-9(6-21-13)12-18-11(19-20-12)5-10-15-7-3-1-2-4-8(7)16-10/h1-4,6H,5H2,(H2,14,17)(H,15,16). The Kier molecular flexibility index (Phi) is 2.68. The van der Waals surface area contributed by atoms with E-state index in [9.17, 15) is 0 Å². The first-order valence-corrected chi connectivity index (χ1v) is 7.13. The summed E-state index contributed by atoms with van der Waals surface area (Å²) in [5.74, 6) is 1.71. The molecule has 0 fully saturated rings. The number of imidazole rings is 1. The molecule has 3 N–H and O–H groups in total. The third-order valence-corrected chi connectivity index (χ3v) is 3.65. The van der Waals surface area contributed by atoms with E-state index in [0.717, 1.165) is 16.9 Å². The second kappa shape index (κ2) is 4.67. The highest BCUT2D eigenvalue weighted by atomic mass is 32.1. The van der Waals surface area contributed by atoms with Gasteiger partial charge in [-0.05, 0) is 12.1 Å². The Balaban J connectivity index is 1.61. The predicted octanol–water partition coefficient (Wildman–Crippen LogP) is 2.24. The highest BCUT2D eigenvalue weighted by Crippen LogP contribution is 2.21. The molecule has 3 aromatic heterocycles. The molecule has 3 heterocycles. The average molecular weight is 298 g/mol. The summed E-state index contributed by atoms with van der Waals surface area (Å²) in [6.07, 6.45) is 0.470. The minimum absolute atomic E-state index is 0.370.